The van der Waals surface area contributed by atoms with E-state index >= 15 is 0 Å². The molecule has 1 fully saturated rings. The van der Waals surface area contributed by atoms with Crippen molar-refractivity contribution >= 4 is 17.7 Å². The normalized spacial score (nSPS) is 18.0. The van der Waals surface area contributed by atoms with Crippen molar-refractivity contribution in [2.75, 3.05) is 18.1 Å². The summed E-state index contributed by atoms with van der Waals surface area (Å²) in [5.41, 5.74) is 1.12. The van der Waals surface area contributed by atoms with Gasteiger partial charge < -0.3 is 10.4 Å². The predicted octanol–water partition coefficient (Wildman–Crippen LogP) is 1.31. The van der Waals surface area contributed by atoms with Gasteiger partial charge in [0.25, 0.3) is 0 Å². The van der Waals surface area contributed by atoms with Gasteiger partial charge >= 0.3 is 0 Å². The third-order valence-electron chi connectivity index (χ3n) is 3.38. The van der Waals surface area contributed by atoms with Crippen LogP contribution in [-0.4, -0.2) is 39.6 Å². The maximum Gasteiger partial charge on any atom is 0.224 e. The lowest BCUT2D eigenvalue weighted by atomic mass is 9.97. The first kappa shape index (κ1) is 14.3. The first-order valence-electron chi connectivity index (χ1n) is 6.56. The highest BCUT2D eigenvalue weighted by Gasteiger charge is 2.29. The smallest absolute Gasteiger partial charge is 0.224 e. The summed E-state index contributed by atoms with van der Waals surface area (Å²) in [4.78, 5) is 16.0. The fourth-order valence-electron chi connectivity index (χ4n) is 2.04. The van der Waals surface area contributed by atoms with Gasteiger partial charge in [0.1, 0.15) is 0 Å². The lowest BCUT2D eigenvalue weighted by molar-refractivity contribution is -0.121. The Labute approximate surface area is 118 Å². The molecule has 0 aliphatic carbocycles. The molecule has 0 spiro atoms. The Kier molecular flexibility index (Phi) is 4.82. The van der Waals surface area contributed by atoms with Gasteiger partial charge in [-0.15, -0.1) is 0 Å². The van der Waals surface area contributed by atoms with Crippen LogP contribution in [0.4, 0.5) is 0 Å². The molecular weight excluding hydrogens is 260 g/mol. The molecule has 0 unspecified atom stereocenters. The van der Waals surface area contributed by atoms with E-state index in [0.29, 0.717) is 13.0 Å². The number of amides is 1. The van der Waals surface area contributed by atoms with Gasteiger partial charge in [-0.2, -0.15) is 11.8 Å². The maximum absolute atomic E-state index is 11.8. The summed E-state index contributed by atoms with van der Waals surface area (Å²) in [5, 5.41) is 13.1. The Hall–Kier alpha value is -1.07. The Morgan fingerprint density at radius 2 is 2.21 bits per heavy atom. The lowest BCUT2D eigenvalue weighted by Crippen LogP contribution is -2.45. The number of pyridine rings is 1. The van der Waals surface area contributed by atoms with Crippen LogP contribution in [-0.2, 0) is 11.2 Å². The molecule has 2 heterocycles. The van der Waals surface area contributed by atoms with Crippen molar-refractivity contribution in [1.82, 2.24) is 10.3 Å². The minimum Gasteiger partial charge on any atom is -0.388 e. The van der Waals surface area contributed by atoms with Crippen molar-refractivity contribution in [3.05, 3.63) is 29.6 Å². The van der Waals surface area contributed by atoms with E-state index in [1.165, 1.54) is 0 Å². The molecule has 5 heteroatoms. The summed E-state index contributed by atoms with van der Waals surface area (Å²) < 4.78 is 0. The maximum atomic E-state index is 11.8. The van der Waals surface area contributed by atoms with Crippen LogP contribution in [0.25, 0.3) is 0 Å². The van der Waals surface area contributed by atoms with Crippen LogP contribution in [0.1, 0.15) is 24.1 Å². The number of carbonyl (C=O) groups is 1. The molecule has 1 aromatic rings. The van der Waals surface area contributed by atoms with E-state index in [4.69, 9.17) is 0 Å². The zero-order valence-electron chi connectivity index (χ0n) is 11.2. The van der Waals surface area contributed by atoms with Crippen LogP contribution < -0.4 is 5.32 Å². The highest BCUT2D eigenvalue weighted by molar-refractivity contribution is 7.99. The van der Waals surface area contributed by atoms with E-state index in [0.717, 1.165) is 35.6 Å². The van der Waals surface area contributed by atoms with Crippen molar-refractivity contribution in [2.24, 2.45) is 0 Å². The second-order valence-electron chi connectivity index (χ2n) is 5.10. The second kappa shape index (κ2) is 6.39. The molecule has 0 saturated carbocycles. The summed E-state index contributed by atoms with van der Waals surface area (Å²) in [7, 11) is 0. The third kappa shape index (κ3) is 4.51. The van der Waals surface area contributed by atoms with Gasteiger partial charge in [-0.1, -0.05) is 6.07 Å². The van der Waals surface area contributed by atoms with E-state index in [9.17, 15) is 9.90 Å². The van der Waals surface area contributed by atoms with Crippen molar-refractivity contribution in [3.8, 4) is 0 Å². The van der Waals surface area contributed by atoms with E-state index in [1.54, 1.807) is 6.20 Å². The van der Waals surface area contributed by atoms with Crippen LogP contribution >= 0.6 is 11.8 Å². The Bertz CT molecular complexity index is 428. The van der Waals surface area contributed by atoms with Crippen LogP contribution in [0.15, 0.2) is 18.3 Å². The van der Waals surface area contributed by atoms with Crippen molar-refractivity contribution in [3.63, 3.8) is 0 Å². The third-order valence-corrected chi connectivity index (χ3v) is 4.36. The fraction of sp³-hybridized carbons (Fsp3) is 0.571. The van der Waals surface area contributed by atoms with Crippen LogP contribution in [0.2, 0.25) is 0 Å². The molecule has 4 nitrogen and oxygen atoms in total. The number of rotatable bonds is 4. The summed E-state index contributed by atoms with van der Waals surface area (Å²) in [6, 6.07) is 3.81. The molecule has 1 amide bonds. The molecule has 1 saturated heterocycles. The number of aromatic nitrogens is 1. The molecule has 1 aliphatic heterocycles. The Morgan fingerprint density at radius 1 is 1.47 bits per heavy atom. The number of carbonyl (C=O) groups excluding carboxylic acids is 1. The quantitative estimate of drug-likeness (QED) is 0.873. The van der Waals surface area contributed by atoms with Gasteiger partial charge in [-0.3, -0.25) is 9.78 Å². The molecule has 2 rings (SSSR count). The molecule has 0 atom stereocenters. The number of nitrogens with zero attached hydrogens (tertiary/aromatic N) is 1. The first-order chi connectivity index (χ1) is 9.07. The van der Waals surface area contributed by atoms with Crippen molar-refractivity contribution in [2.45, 2.75) is 31.8 Å². The fourth-order valence-corrected chi connectivity index (χ4v) is 3.29. The van der Waals surface area contributed by atoms with Gasteiger partial charge in [0.05, 0.1) is 12.0 Å². The molecule has 0 radical (unpaired) electrons. The number of thioether (sulfide) groups is 1. The van der Waals surface area contributed by atoms with Crippen LogP contribution in [0, 0.1) is 6.92 Å². The minimum absolute atomic E-state index is 0.0581. The van der Waals surface area contributed by atoms with Crippen molar-refractivity contribution < 1.29 is 9.90 Å². The second-order valence-corrected chi connectivity index (χ2v) is 6.32. The molecule has 0 bridgehead atoms. The predicted molar refractivity (Wildman–Crippen MR) is 77.2 cm³/mol. The van der Waals surface area contributed by atoms with Gasteiger partial charge in [0, 0.05) is 18.4 Å². The van der Waals surface area contributed by atoms with Crippen LogP contribution in [0.3, 0.4) is 0 Å². The number of hydrogen-bond donors (Lipinski definition) is 2. The largest absolute Gasteiger partial charge is 0.388 e. The first-order valence-corrected chi connectivity index (χ1v) is 7.71. The zero-order chi connectivity index (χ0) is 13.7. The molecular formula is C14H20N2O2S. The van der Waals surface area contributed by atoms with Crippen LogP contribution in [0.5, 0.6) is 0 Å². The topological polar surface area (TPSA) is 62.2 Å². The molecule has 19 heavy (non-hydrogen) atoms. The zero-order valence-corrected chi connectivity index (χ0v) is 12.0. The highest BCUT2D eigenvalue weighted by Crippen LogP contribution is 2.26. The number of nitrogens with one attached hydrogen (secondary N) is 1. The van der Waals surface area contributed by atoms with Gasteiger partial charge in [-0.25, -0.2) is 0 Å². The van der Waals surface area contributed by atoms with E-state index in [2.05, 4.69) is 10.3 Å². The van der Waals surface area contributed by atoms with E-state index in [1.807, 2.05) is 30.8 Å². The monoisotopic (exact) mass is 280 g/mol. The van der Waals surface area contributed by atoms with Gasteiger partial charge in [0.2, 0.25) is 5.91 Å². The summed E-state index contributed by atoms with van der Waals surface area (Å²) in [5.74, 6) is 1.87. The number of aryl methyl sites for hydroxylation is 1. The summed E-state index contributed by atoms with van der Waals surface area (Å²) in [6.07, 6.45) is 3.55. The molecule has 2 N–H and O–H groups in total. The average molecular weight is 280 g/mol. The summed E-state index contributed by atoms with van der Waals surface area (Å²) in [6.45, 7) is 2.27. The van der Waals surface area contributed by atoms with E-state index in [-0.39, 0.29) is 5.91 Å². The highest BCUT2D eigenvalue weighted by atomic mass is 32.2. The Morgan fingerprint density at radius 3 is 2.84 bits per heavy atom. The standard InChI is InChI=1S/C14H20N2O2S/c1-11-2-3-12(9-15-11)8-13(17)16-10-14(18)4-6-19-7-5-14/h2-3,9,18H,4-8,10H2,1H3,(H,16,17). The molecule has 104 valence electrons. The summed E-state index contributed by atoms with van der Waals surface area (Å²) >= 11 is 1.85. The van der Waals surface area contributed by atoms with Crippen molar-refractivity contribution in [1.29, 1.82) is 0 Å². The Balaban J connectivity index is 1.79. The SMILES string of the molecule is Cc1ccc(CC(=O)NCC2(O)CCSCC2)cn1. The average Bonchev–Trinajstić information content (AvgIpc) is 2.40. The molecule has 1 aliphatic rings. The van der Waals surface area contributed by atoms with Gasteiger partial charge in [-0.05, 0) is 42.9 Å². The molecule has 0 aromatic carbocycles. The van der Waals surface area contributed by atoms with Gasteiger partial charge in [0.15, 0.2) is 0 Å². The number of hydrogen-bond acceptors (Lipinski definition) is 4. The minimum atomic E-state index is -0.716. The molecule has 1 aromatic heterocycles. The lowest BCUT2D eigenvalue weighted by Gasteiger charge is -2.31. The van der Waals surface area contributed by atoms with E-state index < -0.39 is 5.60 Å². The number of aliphatic hydroxyl groups is 1.